The van der Waals surface area contributed by atoms with Crippen molar-refractivity contribution in [3.8, 4) is 0 Å². The largest absolute Gasteiger partial charge is 0.324 e. The summed E-state index contributed by atoms with van der Waals surface area (Å²) < 4.78 is 0. The average Bonchev–Trinajstić information content (AvgIpc) is 2.77. The van der Waals surface area contributed by atoms with Crippen LogP contribution in [0.2, 0.25) is 10.0 Å². The minimum Gasteiger partial charge on any atom is -0.324 e. The van der Waals surface area contributed by atoms with E-state index in [9.17, 15) is 0 Å². The molecule has 0 aromatic heterocycles. The molecule has 0 radical (unpaired) electrons. The van der Waals surface area contributed by atoms with Crippen molar-refractivity contribution >= 4 is 23.2 Å². The zero-order chi connectivity index (χ0) is 11.5. The summed E-state index contributed by atoms with van der Waals surface area (Å²) in [5.74, 6) is 0. The lowest BCUT2D eigenvalue weighted by molar-refractivity contribution is 0.729. The fourth-order valence-electron chi connectivity index (χ4n) is 2.08. The first-order valence-corrected chi connectivity index (χ1v) is 6.31. The molecule has 0 spiro atoms. The standard InChI is InChI=1S/C13H15Cl2N/c14-11-6-5-9(7-12(11)15)8-13(16)10-3-1-2-4-10/h3,5-7,13H,1-2,4,8,16H2. The monoisotopic (exact) mass is 255 g/mol. The van der Waals surface area contributed by atoms with Gasteiger partial charge in [0.2, 0.25) is 0 Å². The van der Waals surface area contributed by atoms with Crippen molar-refractivity contribution in [1.82, 2.24) is 0 Å². The molecule has 1 unspecified atom stereocenters. The minimum absolute atomic E-state index is 0.125. The van der Waals surface area contributed by atoms with Gasteiger partial charge >= 0.3 is 0 Å². The van der Waals surface area contributed by atoms with Crippen molar-refractivity contribution < 1.29 is 0 Å². The second-order valence-corrected chi connectivity index (χ2v) is 5.04. The van der Waals surface area contributed by atoms with Crippen molar-refractivity contribution in [2.75, 3.05) is 0 Å². The van der Waals surface area contributed by atoms with E-state index in [1.54, 1.807) is 0 Å². The van der Waals surface area contributed by atoms with E-state index in [-0.39, 0.29) is 6.04 Å². The Kier molecular flexibility index (Phi) is 3.91. The summed E-state index contributed by atoms with van der Waals surface area (Å²) in [5, 5.41) is 1.20. The van der Waals surface area contributed by atoms with Crippen LogP contribution in [-0.4, -0.2) is 6.04 Å². The smallest absolute Gasteiger partial charge is 0.0595 e. The first kappa shape index (κ1) is 12.0. The van der Waals surface area contributed by atoms with Gasteiger partial charge < -0.3 is 5.73 Å². The van der Waals surface area contributed by atoms with Crippen LogP contribution in [0.25, 0.3) is 0 Å². The first-order chi connectivity index (χ1) is 7.66. The molecule has 0 aliphatic heterocycles. The van der Waals surface area contributed by atoms with Crippen molar-refractivity contribution in [2.24, 2.45) is 5.73 Å². The highest BCUT2D eigenvalue weighted by atomic mass is 35.5. The molecule has 1 nitrogen and oxygen atoms in total. The molecular weight excluding hydrogens is 241 g/mol. The number of halogens is 2. The lowest BCUT2D eigenvalue weighted by Gasteiger charge is -2.13. The predicted octanol–water partition coefficient (Wildman–Crippen LogP) is 3.97. The van der Waals surface area contributed by atoms with Gasteiger partial charge in [-0.15, -0.1) is 0 Å². The third-order valence-corrected chi connectivity index (χ3v) is 3.73. The zero-order valence-electron chi connectivity index (χ0n) is 9.05. The van der Waals surface area contributed by atoms with Crippen molar-refractivity contribution in [3.05, 3.63) is 45.5 Å². The van der Waals surface area contributed by atoms with Crippen LogP contribution in [0.15, 0.2) is 29.8 Å². The molecule has 1 aromatic rings. The van der Waals surface area contributed by atoms with E-state index in [1.807, 2.05) is 18.2 Å². The van der Waals surface area contributed by atoms with Crippen LogP contribution in [0.4, 0.5) is 0 Å². The molecule has 0 saturated heterocycles. The van der Waals surface area contributed by atoms with Crippen molar-refractivity contribution in [3.63, 3.8) is 0 Å². The second kappa shape index (κ2) is 5.22. The number of rotatable bonds is 3. The Labute approximate surface area is 106 Å². The van der Waals surface area contributed by atoms with E-state index >= 15 is 0 Å². The van der Waals surface area contributed by atoms with Gasteiger partial charge in [0.1, 0.15) is 0 Å². The maximum absolute atomic E-state index is 6.15. The minimum atomic E-state index is 0.125. The first-order valence-electron chi connectivity index (χ1n) is 5.55. The summed E-state index contributed by atoms with van der Waals surface area (Å²) in [6.45, 7) is 0. The highest BCUT2D eigenvalue weighted by Crippen LogP contribution is 2.25. The molecule has 1 atom stereocenters. The summed E-state index contributed by atoms with van der Waals surface area (Å²) >= 11 is 11.8. The number of allylic oxidation sites excluding steroid dienone is 1. The highest BCUT2D eigenvalue weighted by molar-refractivity contribution is 6.42. The fourth-order valence-corrected chi connectivity index (χ4v) is 2.40. The van der Waals surface area contributed by atoms with Gasteiger partial charge in [-0.3, -0.25) is 0 Å². The van der Waals surface area contributed by atoms with Crippen LogP contribution in [0, 0.1) is 0 Å². The van der Waals surface area contributed by atoms with Gasteiger partial charge in [-0.1, -0.05) is 40.9 Å². The molecule has 86 valence electrons. The second-order valence-electron chi connectivity index (χ2n) is 4.23. The van der Waals surface area contributed by atoms with Crippen LogP contribution < -0.4 is 5.73 Å². The molecule has 2 rings (SSSR count). The number of nitrogens with two attached hydrogens (primary N) is 1. The quantitative estimate of drug-likeness (QED) is 0.813. The van der Waals surface area contributed by atoms with E-state index in [4.69, 9.17) is 28.9 Å². The summed E-state index contributed by atoms with van der Waals surface area (Å²) in [7, 11) is 0. The Morgan fingerprint density at radius 2 is 2.06 bits per heavy atom. The average molecular weight is 256 g/mol. The fraction of sp³-hybridized carbons (Fsp3) is 0.385. The van der Waals surface area contributed by atoms with Gasteiger partial charge in [0.15, 0.2) is 0 Å². The van der Waals surface area contributed by atoms with Gasteiger partial charge in [-0.05, 0) is 43.4 Å². The Balaban J connectivity index is 2.05. The SMILES string of the molecule is NC(Cc1ccc(Cl)c(Cl)c1)C1=CCCC1. The molecule has 3 heteroatoms. The lowest BCUT2D eigenvalue weighted by atomic mass is 9.99. The molecule has 1 aliphatic rings. The zero-order valence-corrected chi connectivity index (χ0v) is 10.6. The molecule has 1 aromatic carbocycles. The Hall–Kier alpha value is -0.500. The summed E-state index contributed by atoms with van der Waals surface area (Å²) in [5.41, 5.74) is 8.68. The van der Waals surface area contributed by atoms with E-state index in [0.717, 1.165) is 18.4 Å². The highest BCUT2D eigenvalue weighted by Gasteiger charge is 2.13. The maximum atomic E-state index is 6.15. The van der Waals surface area contributed by atoms with Gasteiger partial charge in [0, 0.05) is 6.04 Å². The van der Waals surface area contributed by atoms with Crippen molar-refractivity contribution in [1.29, 1.82) is 0 Å². The van der Waals surface area contributed by atoms with E-state index in [2.05, 4.69) is 6.08 Å². The molecule has 0 fully saturated rings. The van der Waals surface area contributed by atoms with E-state index in [0.29, 0.717) is 10.0 Å². The molecule has 0 heterocycles. The Morgan fingerprint density at radius 1 is 1.25 bits per heavy atom. The van der Waals surface area contributed by atoms with Crippen LogP contribution in [0.3, 0.4) is 0 Å². The maximum Gasteiger partial charge on any atom is 0.0595 e. The van der Waals surface area contributed by atoms with Crippen LogP contribution in [0.1, 0.15) is 24.8 Å². The predicted molar refractivity (Wildman–Crippen MR) is 70.1 cm³/mol. The topological polar surface area (TPSA) is 26.0 Å². The number of benzene rings is 1. The molecule has 2 N–H and O–H groups in total. The summed E-state index contributed by atoms with van der Waals surface area (Å²) in [6, 6.07) is 5.84. The van der Waals surface area contributed by atoms with E-state index < -0.39 is 0 Å². The molecule has 1 aliphatic carbocycles. The third kappa shape index (κ3) is 2.79. The van der Waals surface area contributed by atoms with Crippen molar-refractivity contribution in [2.45, 2.75) is 31.7 Å². The summed E-state index contributed by atoms with van der Waals surface area (Å²) in [6.07, 6.45) is 6.65. The van der Waals surface area contributed by atoms with Gasteiger partial charge in [-0.25, -0.2) is 0 Å². The summed E-state index contributed by atoms with van der Waals surface area (Å²) in [4.78, 5) is 0. The Bertz CT molecular complexity index is 412. The normalized spacial score (nSPS) is 17.3. The van der Waals surface area contributed by atoms with Gasteiger partial charge in [0.05, 0.1) is 10.0 Å². The third-order valence-electron chi connectivity index (χ3n) is 2.99. The van der Waals surface area contributed by atoms with Gasteiger partial charge in [-0.2, -0.15) is 0 Å². The Morgan fingerprint density at radius 3 is 2.69 bits per heavy atom. The number of hydrogen-bond donors (Lipinski definition) is 1. The molecular formula is C13H15Cl2N. The lowest BCUT2D eigenvalue weighted by Crippen LogP contribution is -2.24. The van der Waals surface area contributed by atoms with Crippen LogP contribution >= 0.6 is 23.2 Å². The molecule has 16 heavy (non-hydrogen) atoms. The van der Waals surface area contributed by atoms with Gasteiger partial charge in [0.25, 0.3) is 0 Å². The molecule has 0 bridgehead atoms. The van der Waals surface area contributed by atoms with Crippen LogP contribution in [0.5, 0.6) is 0 Å². The van der Waals surface area contributed by atoms with E-state index in [1.165, 1.54) is 18.4 Å². The van der Waals surface area contributed by atoms with Crippen LogP contribution in [-0.2, 0) is 6.42 Å². The molecule has 0 amide bonds. The number of hydrogen-bond acceptors (Lipinski definition) is 1. The molecule has 0 saturated carbocycles.